The van der Waals surface area contributed by atoms with Crippen LogP contribution in [0.2, 0.25) is 0 Å². The normalized spacial score (nSPS) is 28.4. The van der Waals surface area contributed by atoms with E-state index < -0.39 is 16.9 Å². The molecule has 3 atom stereocenters. The van der Waals surface area contributed by atoms with Crippen LogP contribution in [0.1, 0.15) is 32.3 Å². The van der Waals surface area contributed by atoms with Gasteiger partial charge in [0.05, 0.1) is 26.2 Å². The third-order valence-electron chi connectivity index (χ3n) is 7.31. The van der Waals surface area contributed by atoms with Crippen molar-refractivity contribution in [2.75, 3.05) is 40.5 Å². The van der Waals surface area contributed by atoms with E-state index in [2.05, 4.69) is 17.9 Å². The first-order chi connectivity index (χ1) is 16.0. The SMILES string of the molecule is CCCCN1C[C@@H]2C=C(OC)C=C[C@@]23CN(Cc2ccc(OC)cc2)C(=O)[C@@]13C(=O)OCC. The van der Waals surface area contributed by atoms with E-state index in [9.17, 15) is 9.59 Å². The maximum atomic E-state index is 14.2. The van der Waals surface area contributed by atoms with Crippen molar-refractivity contribution in [2.45, 2.75) is 38.8 Å². The van der Waals surface area contributed by atoms with Gasteiger partial charge in [0.15, 0.2) is 0 Å². The molecule has 1 aromatic carbocycles. The lowest BCUT2D eigenvalue weighted by Crippen LogP contribution is -2.63. The first kappa shape index (κ1) is 23.4. The van der Waals surface area contributed by atoms with Crippen LogP contribution in [0, 0.1) is 11.3 Å². The van der Waals surface area contributed by atoms with Gasteiger partial charge in [0.25, 0.3) is 5.91 Å². The molecule has 3 aliphatic rings. The van der Waals surface area contributed by atoms with E-state index in [1.807, 2.05) is 41.3 Å². The summed E-state index contributed by atoms with van der Waals surface area (Å²) in [4.78, 5) is 31.8. The summed E-state index contributed by atoms with van der Waals surface area (Å²) in [5, 5.41) is 0. The number of allylic oxidation sites excluding steroid dienone is 1. The molecule has 2 aliphatic heterocycles. The predicted molar refractivity (Wildman–Crippen MR) is 124 cm³/mol. The molecule has 2 fully saturated rings. The Morgan fingerprint density at radius 3 is 2.55 bits per heavy atom. The van der Waals surface area contributed by atoms with E-state index in [-0.39, 0.29) is 18.4 Å². The summed E-state index contributed by atoms with van der Waals surface area (Å²) >= 11 is 0. The molecule has 4 rings (SSSR count). The van der Waals surface area contributed by atoms with Crippen LogP contribution in [-0.2, 0) is 25.6 Å². The molecular formula is C26H34N2O5. The first-order valence-corrected chi connectivity index (χ1v) is 11.8. The van der Waals surface area contributed by atoms with Gasteiger partial charge in [-0.05, 0) is 49.7 Å². The topological polar surface area (TPSA) is 68.3 Å². The second kappa shape index (κ2) is 9.21. The number of hydrogen-bond donors (Lipinski definition) is 0. The van der Waals surface area contributed by atoms with Crippen LogP contribution in [0.4, 0.5) is 0 Å². The van der Waals surface area contributed by atoms with Crippen molar-refractivity contribution >= 4 is 11.9 Å². The fourth-order valence-corrected chi connectivity index (χ4v) is 5.73. The van der Waals surface area contributed by atoms with Crippen molar-refractivity contribution in [1.82, 2.24) is 9.80 Å². The highest BCUT2D eigenvalue weighted by molar-refractivity contribution is 6.11. The molecule has 0 unspecified atom stereocenters. The Hall–Kier alpha value is -2.80. The Labute approximate surface area is 196 Å². The predicted octanol–water partition coefficient (Wildman–Crippen LogP) is 3.16. The van der Waals surface area contributed by atoms with Crippen LogP contribution in [0.3, 0.4) is 0 Å². The Morgan fingerprint density at radius 1 is 1.15 bits per heavy atom. The Bertz CT molecular complexity index is 956. The molecule has 0 aromatic heterocycles. The molecule has 0 radical (unpaired) electrons. The third-order valence-corrected chi connectivity index (χ3v) is 7.31. The highest BCUT2D eigenvalue weighted by Crippen LogP contribution is 2.58. The third kappa shape index (κ3) is 3.53. The highest BCUT2D eigenvalue weighted by atomic mass is 16.5. The van der Waals surface area contributed by atoms with E-state index in [1.165, 1.54) is 0 Å². The van der Waals surface area contributed by atoms with Crippen LogP contribution in [0.5, 0.6) is 5.75 Å². The lowest BCUT2D eigenvalue weighted by Gasteiger charge is -2.40. The van der Waals surface area contributed by atoms with E-state index in [0.717, 1.165) is 29.9 Å². The van der Waals surface area contributed by atoms with Crippen LogP contribution in [0.15, 0.2) is 48.3 Å². The fourth-order valence-electron chi connectivity index (χ4n) is 5.73. The lowest BCUT2D eigenvalue weighted by atomic mass is 9.65. The van der Waals surface area contributed by atoms with Crippen molar-refractivity contribution in [3.63, 3.8) is 0 Å². The van der Waals surface area contributed by atoms with E-state index in [1.54, 1.807) is 21.1 Å². The van der Waals surface area contributed by atoms with Crippen LogP contribution in [-0.4, -0.2) is 67.7 Å². The average molecular weight is 455 g/mol. The molecule has 7 heteroatoms. The lowest BCUT2D eigenvalue weighted by molar-refractivity contribution is -0.165. The summed E-state index contributed by atoms with van der Waals surface area (Å²) in [5.74, 6) is 0.896. The minimum atomic E-state index is -1.36. The molecule has 0 saturated carbocycles. The number of carbonyl (C=O) groups is 2. The molecule has 1 aliphatic carbocycles. The maximum absolute atomic E-state index is 14.2. The zero-order valence-electron chi connectivity index (χ0n) is 20.0. The molecule has 0 N–H and O–H groups in total. The van der Waals surface area contributed by atoms with Gasteiger partial charge >= 0.3 is 5.97 Å². The number of likely N-dealkylation sites (tertiary alicyclic amines) is 2. The second-order valence-corrected chi connectivity index (χ2v) is 8.99. The number of methoxy groups -OCH3 is 2. The monoisotopic (exact) mass is 454 g/mol. The number of amides is 1. The zero-order valence-corrected chi connectivity index (χ0v) is 20.0. The second-order valence-electron chi connectivity index (χ2n) is 8.99. The largest absolute Gasteiger partial charge is 0.497 e. The highest BCUT2D eigenvalue weighted by Gasteiger charge is 2.76. The standard InChI is InChI=1S/C26H34N2O5/c1-5-7-14-28-17-20-15-22(32-4)12-13-25(20)18-27(16-19-8-10-21(31-3)11-9-19)23(29)26(25,28)24(30)33-6-2/h8-13,15,20H,5-7,14,16-18H2,1-4H3/t20-,25+,26-/m0/s1. The number of unbranched alkanes of at least 4 members (excludes halogenated alkanes) is 1. The summed E-state index contributed by atoms with van der Waals surface area (Å²) in [5.41, 5.74) is -1.07. The van der Waals surface area contributed by atoms with E-state index in [0.29, 0.717) is 26.2 Å². The minimum absolute atomic E-state index is 0.0245. The number of nitrogens with zero attached hydrogens (tertiary/aromatic N) is 2. The van der Waals surface area contributed by atoms with Gasteiger partial charge in [0.2, 0.25) is 5.54 Å². The van der Waals surface area contributed by atoms with E-state index >= 15 is 0 Å². The van der Waals surface area contributed by atoms with E-state index in [4.69, 9.17) is 14.2 Å². The number of carbonyl (C=O) groups excluding carboxylic acids is 2. The van der Waals surface area contributed by atoms with Crippen LogP contribution in [0.25, 0.3) is 0 Å². The van der Waals surface area contributed by atoms with Gasteiger partial charge < -0.3 is 19.1 Å². The molecule has 7 nitrogen and oxygen atoms in total. The summed E-state index contributed by atoms with van der Waals surface area (Å²) in [6.45, 7) is 6.31. The Kier molecular flexibility index (Phi) is 6.52. The molecule has 1 spiro atoms. The summed E-state index contributed by atoms with van der Waals surface area (Å²) < 4.78 is 16.4. The average Bonchev–Trinajstić information content (AvgIpc) is 3.24. The fraction of sp³-hybridized carbons (Fsp3) is 0.538. The molecule has 2 heterocycles. The van der Waals surface area contributed by atoms with Crippen molar-refractivity contribution in [3.8, 4) is 5.75 Å². The number of rotatable bonds is 9. The summed E-state index contributed by atoms with van der Waals surface area (Å²) in [6, 6.07) is 7.70. The van der Waals surface area contributed by atoms with Crippen molar-refractivity contribution in [1.29, 1.82) is 0 Å². The zero-order chi connectivity index (χ0) is 23.6. The minimum Gasteiger partial charge on any atom is -0.497 e. The van der Waals surface area contributed by atoms with Crippen molar-refractivity contribution in [2.24, 2.45) is 11.3 Å². The van der Waals surface area contributed by atoms with Crippen molar-refractivity contribution < 1.29 is 23.8 Å². The molecule has 178 valence electrons. The molecular weight excluding hydrogens is 420 g/mol. The number of benzene rings is 1. The van der Waals surface area contributed by atoms with Gasteiger partial charge in [0, 0.05) is 25.6 Å². The first-order valence-electron chi connectivity index (χ1n) is 11.8. The van der Waals surface area contributed by atoms with Gasteiger partial charge in [-0.1, -0.05) is 31.6 Å². The summed E-state index contributed by atoms with van der Waals surface area (Å²) in [7, 11) is 3.27. The smallest absolute Gasteiger partial charge is 0.337 e. The Morgan fingerprint density at radius 2 is 1.91 bits per heavy atom. The molecule has 1 aromatic rings. The summed E-state index contributed by atoms with van der Waals surface area (Å²) in [6.07, 6.45) is 7.89. The Balaban J connectivity index is 1.78. The van der Waals surface area contributed by atoms with Gasteiger partial charge in [0.1, 0.15) is 11.5 Å². The van der Waals surface area contributed by atoms with Crippen molar-refractivity contribution in [3.05, 3.63) is 53.8 Å². The van der Waals surface area contributed by atoms with Gasteiger partial charge in [-0.3, -0.25) is 9.69 Å². The van der Waals surface area contributed by atoms with Gasteiger partial charge in [-0.25, -0.2) is 4.79 Å². The van der Waals surface area contributed by atoms with Gasteiger partial charge in [-0.15, -0.1) is 0 Å². The number of esters is 1. The molecule has 1 amide bonds. The quantitative estimate of drug-likeness (QED) is 0.422. The number of hydrogen-bond acceptors (Lipinski definition) is 6. The maximum Gasteiger partial charge on any atom is 0.337 e. The molecule has 33 heavy (non-hydrogen) atoms. The molecule has 0 bridgehead atoms. The van der Waals surface area contributed by atoms with Crippen LogP contribution >= 0.6 is 0 Å². The van der Waals surface area contributed by atoms with Gasteiger partial charge in [-0.2, -0.15) is 0 Å². The van der Waals surface area contributed by atoms with Crippen LogP contribution < -0.4 is 4.74 Å². The number of ether oxygens (including phenoxy) is 3. The molecule has 2 saturated heterocycles.